The molecule has 21 heavy (non-hydrogen) atoms. The highest BCUT2D eigenvalue weighted by Gasteiger charge is 2.11. The van der Waals surface area contributed by atoms with Crippen LogP contribution in [0.1, 0.15) is 35.8 Å². The molecular formula is C17H20N2O2. The Morgan fingerprint density at radius 1 is 1.19 bits per heavy atom. The number of benzene rings is 2. The van der Waals surface area contributed by atoms with Crippen molar-refractivity contribution in [3.05, 3.63) is 59.7 Å². The minimum absolute atomic E-state index is 0.0900. The molecule has 2 aromatic carbocycles. The molecule has 0 saturated carbocycles. The predicted octanol–water partition coefficient (Wildman–Crippen LogP) is 3.36. The largest absolute Gasteiger partial charge is 0.494 e. The molecule has 0 aliphatic heterocycles. The zero-order valence-corrected chi connectivity index (χ0v) is 12.3. The summed E-state index contributed by atoms with van der Waals surface area (Å²) in [4.78, 5) is 11.1. The molecule has 0 spiro atoms. The molecule has 0 aliphatic carbocycles. The molecule has 0 aromatic heterocycles. The Bertz CT molecular complexity index is 608. The lowest BCUT2D eigenvalue weighted by Crippen LogP contribution is -2.11. The molecule has 2 aromatic rings. The fraction of sp³-hybridized carbons (Fsp3) is 0.235. The molecule has 4 heteroatoms. The third kappa shape index (κ3) is 3.75. The molecule has 4 nitrogen and oxygen atoms in total. The molecule has 2 rings (SSSR count). The van der Waals surface area contributed by atoms with E-state index < -0.39 is 5.91 Å². The second kappa shape index (κ2) is 6.79. The Kier molecular flexibility index (Phi) is 4.82. The van der Waals surface area contributed by atoms with Crippen LogP contribution in [0.2, 0.25) is 0 Å². The van der Waals surface area contributed by atoms with Gasteiger partial charge in [0, 0.05) is 16.8 Å². The summed E-state index contributed by atoms with van der Waals surface area (Å²) in [5, 5.41) is 3.39. The van der Waals surface area contributed by atoms with Crippen LogP contribution in [0, 0.1) is 0 Å². The van der Waals surface area contributed by atoms with Crippen LogP contribution < -0.4 is 15.8 Å². The molecule has 1 atom stereocenters. The second-order valence-electron chi connectivity index (χ2n) is 4.78. The molecule has 0 aliphatic rings. The van der Waals surface area contributed by atoms with Crippen molar-refractivity contribution in [3.8, 4) is 5.75 Å². The molecular weight excluding hydrogens is 264 g/mol. The first-order valence-electron chi connectivity index (χ1n) is 7.00. The molecule has 0 fully saturated rings. The molecule has 1 amide bonds. The zero-order valence-electron chi connectivity index (χ0n) is 12.3. The highest BCUT2D eigenvalue weighted by molar-refractivity contribution is 5.93. The van der Waals surface area contributed by atoms with Gasteiger partial charge in [-0.2, -0.15) is 0 Å². The lowest BCUT2D eigenvalue weighted by atomic mass is 10.1. The monoisotopic (exact) mass is 284 g/mol. The van der Waals surface area contributed by atoms with Crippen molar-refractivity contribution in [2.45, 2.75) is 19.9 Å². The minimum Gasteiger partial charge on any atom is -0.494 e. The van der Waals surface area contributed by atoms with E-state index >= 15 is 0 Å². The summed E-state index contributed by atoms with van der Waals surface area (Å²) in [5.41, 5.74) is 7.76. The van der Waals surface area contributed by atoms with Crippen LogP contribution in [-0.4, -0.2) is 12.5 Å². The average Bonchev–Trinajstić information content (AvgIpc) is 2.48. The van der Waals surface area contributed by atoms with Crippen molar-refractivity contribution in [1.82, 2.24) is 0 Å². The van der Waals surface area contributed by atoms with Gasteiger partial charge < -0.3 is 15.8 Å². The SMILES string of the molecule is CCOc1ccccc1C(C)Nc1ccc(C(N)=O)cc1. The number of carbonyl (C=O) groups is 1. The summed E-state index contributed by atoms with van der Waals surface area (Å²) in [7, 11) is 0. The number of anilines is 1. The summed E-state index contributed by atoms with van der Waals surface area (Å²) in [5.74, 6) is 0.463. The van der Waals surface area contributed by atoms with Gasteiger partial charge in [0.1, 0.15) is 5.75 Å². The molecule has 0 saturated heterocycles. The Balaban J connectivity index is 2.14. The van der Waals surface area contributed by atoms with Gasteiger partial charge in [-0.1, -0.05) is 18.2 Å². The molecule has 0 heterocycles. The number of rotatable bonds is 6. The number of primary amides is 1. The van der Waals surface area contributed by atoms with Crippen molar-refractivity contribution in [2.75, 3.05) is 11.9 Å². The number of carbonyl (C=O) groups excluding carboxylic acids is 1. The smallest absolute Gasteiger partial charge is 0.248 e. The summed E-state index contributed by atoms with van der Waals surface area (Å²) >= 11 is 0. The molecule has 3 N–H and O–H groups in total. The highest BCUT2D eigenvalue weighted by Crippen LogP contribution is 2.27. The Morgan fingerprint density at radius 3 is 2.48 bits per heavy atom. The van der Waals surface area contributed by atoms with Crippen LogP contribution in [0.4, 0.5) is 5.69 Å². The van der Waals surface area contributed by atoms with E-state index in [4.69, 9.17) is 10.5 Å². The van der Waals surface area contributed by atoms with E-state index in [-0.39, 0.29) is 6.04 Å². The van der Waals surface area contributed by atoms with Gasteiger partial charge >= 0.3 is 0 Å². The maximum absolute atomic E-state index is 11.1. The van der Waals surface area contributed by atoms with Crippen LogP contribution in [-0.2, 0) is 0 Å². The number of hydrogen-bond acceptors (Lipinski definition) is 3. The maximum Gasteiger partial charge on any atom is 0.248 e. The normalized spacial score (nSPS) is 11.7. The molecule has 110 valence electrons. The average molecular weight is 284 g/mol. The lowest BCUT2D eigenvalue weighted by Gasteiger charge is -2.19. The molecule has 0 radical (unpaired) electrons. The van der Waals surface area contributed by atoms with Gasteiger partial charge in [0.15, 0.2) is 0 Å². The van der Waals surface area contributed by atoms with Crippen molar-refractivity contribution >= 4 is 11.6 Å². The van der Waals surface area contributed by atoms with Crippen LogP contribution in [0.3, 0.4) is 0 Å². The minimum atomic E-state index is -0.420. The first-order chi connectivity index (χ1) is 10.1. The van der Waals surface area contributed by atoms with E-state index in [1.807, 2.05) is 43.3 Å². The van der Waals surface area contributed by atoms with Crippen LogP contribution in [0.5, 0.6) is 5.75 Å². The predicted molar refractivity (Wildman–Crippen MR) is 84.6 cm³/mol. The van der Waals surface area contributed by atoms with Crippen molar-refractivity contribution < 1.29 is 9.53 Å². The number of nitrogens with one attached hydrogen (secondary N) is 1. The van der Waals surface area contributed by atoms with Gasteiger partial charge in [0.25, 0.3) is 0 Å². The summed E-state index contributed by atoms with van der Waals surface area (Å²) < 4.78 is 5.65. The third-order valence-electron chi connectivity index (χ3n) is 3.24. The highest BCUT2D eigenvalue weighted by atomic mass is 16.5. The zero-order chi connectivity index (χ0) is 15.2. The number of nitrogens with two attached hydrogens (primary N) is 1. The van der Waals surface area contributed by atoms with Gasteiger partial charge in [-0.3, -0.25) is 4.79 Å². The first-order valence-corrected chi connectivity index (χ1v) is 7.00. The van der Waals surface area contributed by atoms with E-state index in [2.05, 4.69) is 12.2 Å². The van der Waals surface area contributed by atoms with Crippen molar-refractivity contribution in [2.24, 2.45) is 5.73 Å². The van der Waals surface area contributed by atoms with Gasteiger partial charge in [-0.05, 0) is 44.2 Å². The topological polar surface area (TPSA) is 64.3 Å². The standard InChI is InChI=1S/C17H20N2O2/c1-3-21-16-7-5-4-6-15(16)12(2)19-14-10-8-13(9-11-14)17(18)20/h4-12,19H,3H2,1-2H3,(H2,18,20). The van der Waals surface area contributed by atoms with Crippen LogP contribution in [0.25, 0.3) is 0 Å². The van der Waals surface area contributed by atoms with Gasteiger partial charge in [-0.15, -0.1) is 0 Å². The van der Waals surface area contributed by atoms with Gasteiger partial charge in [-0.25, -0.2) is 0 Å². The van der Waals surface area contributed by atoms with Crippen molar-refractivity contribution in [1.29, 1.82) is 0 Å². The quantitative estimate of drug-likeness (QED) is 0.855. The van der Waals surface area contributed by atoms with E-state index in [0.29, 0.717) is 12.2 Å². The number of amides is 1. The summed E-state index contributed by atoms with van der Waals surface area (Å²) in [6.07, 6.45) is 0. The second-order valence-corrected chi connectivity index (χ2v) is 4.78. The van der Waals surface area contributed by atoms with E-state index in [1.54, 1.807) is 12.1 Å². The molecule has 0 bridgehead atoms. The van der Waals surface area contributed by atoms with Crippen LogP contribution >= 0.6 is 0 Å². The Labute approximate surface area is 124 Å². The van der Waals surface area contributed by atoms with Gasteiger partial charge in [0.2, 0.25) is 5.91 Å². The van der Waals surface area contributed by atoms with E-state index in [0.717, 1.165) is 17.0 Å². The third-order valence-corrected chi connectivity index (χ3v) is 3.24. The first kappa shape index (κ1) is 14.9. The lowest BCUT2D eigenvalue weighted by molar-refractivity contribution is 0.100. The molecule has 1 unspecified atom stereocenters. The fourth-order valence-corrected chi connectivity index (χ4v) is 2.18. The summed E-state index contributed by atoms with van der Waals surface area (Å²) in [6, 6.07) is 15.2. The van der Waals surface area contributed by atoms with Gasteiger partial charge in [0.05, 0.1) is 12.6 Å². The van der Waals surface area contributed by atoms with E-state index in [9.17, 15) is 4.79 Å². The summed E-state index contributed by atoms with van der Waals surface area (Å²) in [6.45, 7) is 4.67. The maximum atomic E-state index is 11.1. The Hall–Kier alpha value is -2.49. The van der Waals surface area contributed by atoms with E-state index in [1.165, 1.54) is 0 Å². The number of ether oxygens (including phenoxy) is 1. The number of hydrogen-bond donors (Lipinski definition) is 2. The Morgan fingerprint density at radius 2 is 1.86 bits per heavy atom. The van der Waals surface area contributed by atoms with Crippen LogP contribution in [0.15, 0.2) is 48.5 Å². The van der Waals surface area contributed by atoms with Crippen molar-refractivity contribution in [3.63, 3.8) is 0 Å². The fourth-order valence-electron chi connectivity index (χ4n) is 2.18. The number of para-hydroxylation sites is 1.